The Bertz CT molecular complexity index is 923. The van der Waals surface area contributed by atoms with Gasteiger partial charge in [-0.3, -0.25) is 4.79 Å². The Labute approximate surface area is 163 Å². The number of hydrogen-bond acceptors (Lipinski definition) is 2. The third-order valence-corrected chi connectivity index (χ3v) is 4.74. The molecule has 1 heterocycles. The number of hydrogen-bond donors (Lipinski definition) is 1. The van der Waals surface area contributed by atoms with Gasteiger partial charge in [0.2, 0.25) is 0 Å². The van der Waals surface area contributed by atoms with Crippen molar-refractivity contribution in [2.75, 3.05) is 0 Å². The lowest BCUT2D eigenvalue weighted by atomic mass is 10.1. The predicted octanol–water partition coefficient (Wildman–Crippen LogP) is 4.72. The van der Waals surface area contributed by atoms with E-state index in [2.05, 4.69) is 22.5 Å². The summed E-state index contributed by atoms with van der Waals surface area (Å²) in [7, 11) is 0. The molecule has 1 N–H and O–H groups in total. The van der Waals surface area contributed by atoms with Crippen molar-refractivity contribution in [3.05, 3.63) is 82.4 Å². The van der Waals surface area contributed by atoms with E-state index in [9.17, 15) is 9.18 Å². The van der Waals surface area contributed by atoms with Crippen molar-refractivity contribution in [1.82, 2.24) is 15.1 Å². The second kappa shape index (κ2) is 8.35. The van der Waals surface area contributed by atoms with Crippen molar-refractivity contribution in [1.29, 1.82) is 0 Å². The average molecular weight is 386 g/mol. The molecule has 27 heavy (non-hydrogen) atoms. The summed E-state index contributed by atoms with van der Waals surface area (Å²) >= 11 is 6.40. The second-order valence-electron chi connectivity index (χ2n) is 6.54. The van der Waals surface area contributed by atoms with Crippen molar-refractivity contribution >= 4 is 17.5 Å². The molecule has 1 unspecified atom stereocenters. The van der Waals surface area contributed by atoms with Crippen LogP contribution in [0.2, 0.25) is 5.15 Å². The number of aromatic nitrogens is 2. The Morgan fingerprint density at radius 2 is 1.85 bits per heavy atom. The summed E-state index contributed by atoms with van der Waals surface area (Å²) in [6.07, 6.45) is 1.70. The van der Waals surface area contributed by atoms with Gasteiger partial charge >= 0.3 is 0 Å². The van der Waals surface area contributed by atoms with Gasteiger partial charge in [0.25, 0.3) is 5.91 Å². The topological polar surface area (TPSA) is 46.9 Å². The Hall–Kier alpha value is -2.66. The van der Waals surface area contributed by atoms with Crippen LogP contribution in [0.25, 0.3) is 5.69 Å². The molecule has 6 heteroatoms. The fraction of sp³-hybridized carbons (Fsp3) is 0.238. The van der Waals surface area contributed by atoms with E-state index in [0.29, 0.717) is 16.9 Å². The average Bonchev–Trinajstić information content (AvgIpc) is 2.96. The van der Waals surface area contributed by atoms with Gasteiger partial charge in [-0.1, -0.05) is 41.9 Å². The van der Waals surface area contributed by atoms with E-state index in [1.54, 1.807) is 19.1 Å². The third kappa shape index (κ3) is 4.55. The first-order valence-corrected chi connectivity index (χ1v) is 9.19. The fourth-order valence-corrected chi connectivity index (χ4v) is 3.26. The van der Waals surface area contributed by atoms with E-state index in [1.165, 1.54) is 22.4 Å². The number of nitrogens with zero attached hydrogens (tertiary/aromatic N) is 2. The van der Waals surface area contributed by atoms with E-state index >= 15 is 0 Å². The lowest BCUT2D eigenvalue weighted by Crippen LogP contribution is -2.33. The minimum atomic E-state index is -0.344. The van der Waals surface area contributed by atoms with Gasteiger partial charge in [0.1, 0.15) is 11.0 Å². The number of halogens is 2. The molecular weight excluding hydrogens is 365 g/mol. The Morgan fingerprint density at radius 1 is 1.19 bits per heavy atom. The molecule has 0 radical (unpaired) electrons. The number of aryl methyl sites for hydroxylation is 2. The zero-order valence-corrected chi connectivity index (χ0v) is 16.0. The zero-order valence-electron chi connectivity index (χ0n) is 15.2. The zero-order chi connectivity index (χ0) is 19.4. The normalized spacial score (nSPS) is 12.0. The van der Waals surface area contributed by atoms with E-state index in [-0.39, 0.29) is 22.9 Å². The van der Waals surface area contributed by atoms with Crippen LogP contribution in [-0.2, 0) is 6.42 Å². The van der Waals surface area contributed by atoms with Crippen LogP contribution in [0.4, 0.5) is 4.39 Å². The van der Waals surface area contributed by atoms with Gasteiger partial charge in [-0.2, -0.15) is 5.10 Å². The molecule has 0 bridgehead atoms. The van der Waals surface area contributed by atoms with Gasteiger partial charge in [-0.25, -0.2) is 9.07 Å². The third-order valence-electron chi connectivity index (χ3n) is 4.39. The minimum Gasteiger partial charge on any atom is -0.349 e. The van der Waals surface area contributed by atoms with Crippen LogP contribution in [0.3, 0.4) is 0 Å². The molecule has 4 nitrogen and oxygen atoms in total. The quantitative estimate of drug-likeness (QED) is 0.667. The molecule has 0 aliphatic rings. The molecule has 140 valence electrons. The first kappa shape index (κ1) is 19.1. The van der Waals surface area contributed by atoms with Crippen LogP contribution in [0.1, 0.15) is 35.0 Å². The molecule has 0 saturated carbocycles. The maximum absolute atomic E-state index is 13.1. The van der Waals surface area contributed by atoms with Crippen molar-refractivity contribution in [3.63, 3.8) is 0 Å². The van der Waals surface area contributed by atoms with E-state index in [4.69, 9.17) is 11.6 Å². The molecule has 0 aliphatic heterocycles. The minimum absolute atomic E-state index is 0.0117. The number of carbonyl (C=O) groups is 1. The first-order chi connectivity index (χ1) is 13.0. The van der Waals surface area contributed by atoms with Crippen molar-refractivity contribution in [3.8, 4) is 5.69 Å². The number of rotatable bonds is 6. The van der Waals surface area contributed by atoms with Crippen LogP contribution in [0.5, 0.6) is 0 Å². The smallest absolute Gasteiger partial charge is 0.256 e. The Morgan fingerprint density at radius 3 is 2.52 bits per heavy atom. The Kier molecular flexibility index (Phi) is 5.91. The molecule has 0 aliphatic carbocycles. The van der Waals surface area contributed by atoms with E-state index in [0.717, 1.165) is 12.8 Å². The van der Waals surface area contributed by atoms with Gasteiger partial charge in [-0.15, -0.1) is 0 Å². The predicted molar refractivity (Wildman–Crippen MR) is 105 cm³/mol. The van der Waals surface area contributed by atoms with Crippen LogP contribution in [0.15, 0.2) is 54.6 Å². The number of carbonyl (C=O) groups excluding carboxylic acids is 1. The lowest BCUT2D eigenvalue weighted by Gasteiger charge is -2.14. The number of nitrogens with one attached hydrogen (secondary N) is 1. The maximum Gasteiger partial charge on any atom is 0.256 e. The van der Waals surface area contributed by atoms with Gasteiger partial charge in [0.05, 0.1) is 16.9 Å². The standard InChI is InChI=1S/C21H21ClFN3O/c1-14(8-9-16-6-4-3-5-7-16)24-21(27)19-15(2)25-26(20(19)22)18-12-10-17(23)11-13-18/h3-7,10-14H,8-9H2,1-2H3,(H,24,27). The summed E-state index contributed by atoms with van der Waals surface area (Å²) in [6.45, 7) is 3.70. The molecule has 1 atom stereocenters. The highest BCUT2D eigenvalue weighted by Gasteiger charge is 2.22. The summed E-state index contributed by atoms with van der Waals surface area (Å²) in [6, 6.07) is 15.9. The monoisotopic (exact) mass is 385 g/mol. The van der Waals surface area contributed by atoms with E-state index < -0.39 is 0 Å². The first-order valence-electron chi connectivity index (χ1n) is 8.81. The highest BCUT2D eigenvalue weighted by molar-refractivity contribution is 6.33. The maximum atomic E-state index is 13.1. The molecule has 3 aromatic rings. The number of benzene rings is 2. The highest BCUT2D eigenvalue weighted by atomic mass is 35.5. The second-order valence-corrected chi connectivity index (χ2v) is 6.90. The highest BCUT2D eigenvalue weighted by Crippen LogP contribution is 2.24. The SMILES string of the molecule is Cc1nn(-c2ccc(F)cc2)c(Cl)c1C(=O)NC(C)CCc1ccccc1. The molecule has 1 aromatic heterocycles. The van der Waals surface area contributed by atoms with Gasteiger partial charge in [-0.05, 0) is 56.5 Å². The molecule has 0 fully saturated rings. The van der Waals surface area contributed by atoms with Crippen LogP contribution >= 0.6 is 11.6 Å². The molecule has 1 amide bonds. The Balaban J connectivity index is 1.70. The molecular formula is C21H21ClFN3O. The van der Waals surface area contributed by atoms with Crippen LogP contribution in [0, 0.1) is 12.7 Å². The van der Waals surface area contributed by atoms with E-state index in [1.807, 2.05) is 25.1 Å². The largest absolute Gasteiger partial charge is 0.349 e. The number of amides is 1. The molecule has 0 saturated heterocycles. The van der Waals surface area contributed by atoms with Gasteiger partial charge in [0, 0.05) is 6.04 Å². The molecule has 3 rings (SSSR count). The van der Waals surface area contributed by atoms with Crippen LogP contribution < -0.4 is 5.32 Å². The van der Waals surface area contributed by atoms with Crippen molar-refractivity contribution < 1.29 is 9.18 Å². The summed E-state index contributed by atoms with van der Waals surface area (Å²) in [4.78, 5) is 12.7. The van der Waals surface area contributed by atoms with Crippen molar-refractivity contribution in [2.24, 2.45) is 0 Å². The summed E-state index contributed by atoms with van der Waals surface area (Å²) < 4.78 is 14.6. The lowest BCUT2D eigenvalue weighted by molar-refractivity contribution is 0.0938. The summed E-state index contributed by atoms with van der Waals surface area (Å²) in [5.41, 5.74) is 2.70. The summed E-state index contributed by atoms with van der Waals surface area (Å²) in [5.74, 6) is -0.601. The summed E-state index contributed by atoms with van der Waals surface area (Å²) in [5, 5.41) is 7.53. The molecule has 2 aromatic carbocycles. The van der Waals surface area contributed by atoms with Crippen molar-refractivity contribution in [2.45, 2.75) is 32.7 Å². The van der Waals surface area contributed by atoms with Crippen LogP contribution in [-0.4, -0.2) is 21.7 Å². The van der Waals surface area contributed by atoms with Gasteiger partial charge in [0.15, 0.2) is 0 Å². The fourth-order valence-electron chi connectivity index (χ4n) is 2.91. The van der Waals surface area contributed by atoms with Gasteiger partial charge < -0.3 is 5.32 Å². The molecule has 0 spiro atoms.